The lowest BCUT2D eigenvalue weighted by molar-refractivity contribution is -0.132. The molecule has 3 unspecified atom stereocenters. The predicted molar refractivity (Wildman–Crippen MR) is 73.2 cm³/mol. The molecule has 2 saturated heterocycles. The maximum Gasteiger partial charge on any atom is 0.241 e. The van der Waals surface area contributed by atoms with E-state index in [0.717, 1.165) is 6.54 Å². The summed E-state index contributed by atoms with van der Waals surface area (Å²) in [7, 11) is 0. The van der Waals surface area contributed by atoms with Crippen LogP contribution in [0.15, 0.2) is 0 Å². The summed E-state index contributed by atoms with van der Waals surface area (Å²) in [5.41, 5.74) is 0. The summed E-state index contributed by atoms with van der Waals surface area (Å²) in [6.45, 7) is 11.9. The number of likely N-dealkylation sites (tertiary alicyclic amines) is 1. The van der Waals surface area contributed by atoms with E-state index in [1.807, 2.05) is 6.92 Å². The van der Waals surface area contributed by atoms with Crippen molar-refractivity contribution in [1.82, 2.24) is 15.1 Å². The van der Waals surface area contributed by atoms with Gasteiger partial charge in [-0.25, -0.2) is 0 Å². The Balaban J connectivity index is 2.01. The lowest BCUT2D eigenvalue weighted by atomic mass is 10.1. The van der Waals surface area contributed by atoms with Crippen molar-refractivity contribution >= 4 is 5.91 Å². The maximum absolute atomic E-state index is 12.3. The molecule has 0 bridgehead atoms. The molecule has 0 aliphatic carbocycles. The van der Waals surface area contributed by atoms with E-state index in [-0.39, 0.29) is 18.1 Å². The highest BCUT2D eigenvalue weighted by molar-refractivity contribution is 5.84. The molecule has 1 amide bonds. The van der Waals surface area contributed by atoms with Crippen LogP contribution < -0.4 is 5.32 Å². The van der Waals surface area contributed by atoms with Crippen LogP contribution in [0.4, 0.5) is 0 Å². The zero-order chi connectivity index (χ0) is 13.3. The minimum absolute atomic E-state index is 0.0292. The first-order valence-corrected chi connectivity index (χ1v) is 7.31. The Hall–Kier alpha value is -0.610. The second-order valence-corrected chi connectivity index (χ2v) is 6.18. The molecule has 104 valence electrons. The first-order valence-electron chi connectivity index (χ1n) is 7.31. The number of nitrogens with one attached hydrogen (secondary N) is 1. The van der Waals surface area contributed by atoms with E-state index in [9.17, 15) is 4.79 Å². The summed E-state index contributed by atoms with van der Waals surface area (Å²) in [6.07, 6.45) is 2.82. The van der Waals surface area contributed by atoms with Gasteiger partial charge in [-0.2, -0.15) is 0 Å². The average molecular weight is 253 g/mol. The van der Waals surface area contributed by atoms with Gasteiger partial charge in [0.1, 0.15) is 0 Å². The van der Waals surface area contributed by atoms with Crippen molar-refractivity contribution in [1.29, 1.82) is 0 Å². The van der Waals surface area contributed by atoms with Crippen LogP contribution in [0.1, 0.15) is 40.5 Å². The van der Waals surface area contributed by atoms with Crippen molar-refractivity contribution in [3.8, 4) is 0 Å². The van der Waals surface area contributed by atoms with Gasteiger partial charge in [0, 0.05) is 12.6 Å². The molecular formula is C14H27N3O. The van der Waals surface area contributed by atoms with Gasteiger partial charge in [-0.1, -0.05) is 13.8 Å². The number of hydrogen-bond donors (Lipinski definition) is 1. The monoisotopic (exact) mass is 253 g/mol. The number of nitrogens with zero attached hydrogens (tertiary/aromatic N) is 2. The number of rotatable bonds is 4. The van der Waals surface area contributed by atoms with Crippen LogP contribution in [-0.2, 0) is 4.79 Å². The summed E-state index contributed by atoms with van der Waals surface area (Å²) in [6, 6.07) is 0.277. The Kier molecular flexibility index (Phi) is 4.28. The standard InChI is InChI=1S/C14H27N3O/c1-10(2)13-15-12(4)14(18)17(13)11(3)9-16-7-5-6-8-16/h10-13,15H,5-9H2,1-4H3. The van der Waals surface area contributed by atoms with Gasteiger partial charge in [0.25, 0.3) is 0 Å². The predicted octanol–water partition coefficient (Wildman–Crippen LogP) is 1.27. The molecule has 2 heterocycles. The molecule has 3 atom stereocenters. The molecule has 0 spiro atoms. The van der Waals surface area contributed by atoms with E-state index in [1.165, 1.54) is 25.9 Å². The van der Waals surface area contributed by atoms with Crippen LogP contribution in [-0.4, -0.2) is 53.6 Å². The van der Waals surface area contributed by atoms with Crippen LogP contribution in [0.3, 0.4) is 0 Å². The van der Waals surface area contributed by atoms with Gasteiger partial charge in [0.15, 0.2) is 0 Å². The van der Waals surface area contributed by atoms with Gasteiger partial charge in [0.05, 0.1) is 12.2 Å². The van der Waals surface area contributed by atoms with Gasteiger partial charge >= 0.3 is 0 Å². The molecule has 2 aliphatic heterocycles. The molecule has 4 heteroatoms. The summed E-state index contributed by atoms with van der Waals surface area (Å²) in [5.74, 6) is 0.723. The van der Waals surface area contributed by atoms with Crippen LogP contribution >= 0.6 is 0 Å². The van der Waals surface area contributed by atoms with Gasteiger partial charge in [-0.15, -0.1) is 0 Å². The molecule has 0 aromatic carbocycles. The van der Waals surface area contributed by atoms with Crippen molar-refractivity contribution in [2.24, 2.45) is 5.92 Å². The van der Waals surface area contributed by atoms with Crippen molar-refractivity contribution in [2.45, 2.75) is 58.8 Å². The molecule has 0 radical (unpaired) electrons. The fourth-order valence-corrected chi connectivity index (χ4v) is 3.20. The second kappa shape index (κ2) is 5.57. The quantitative estimate of drug-likeness (QED) is 0.819. The minimum Gasteiger partial charge on any atom is -0.322 e. The third kappa shape index (κ3) is 2.69. The molecular weight excluding hydrogens is 226 g/mol. The fraction of sp³-hybridized carbons (Fsp3) is 0.929. The topological polar surface area (TPSA) is 35.6 Å². The maximum atomic E-state index is 12.3. The van der Waals surface area contributed by atoms with E-state index in [0.29, 0.717) is 12.0 Å². The van der Waals surface area contributed by atoms with E-state index in [4.69, 9.17) is 0 Å². The first-order chi connectivity index (χ1) is 8.50. The van der Waals surface area contributed by atoms with E-state index >= 15 is 0 Å². The zero-order valence-corrected chi connectivity index (χ0v) is 12.1. The van der Waals surface area contributed by atoms with E-state index < -0.39 is 0 Å². The van der Waals surface area contributed by atoms with E-state index in [1.54, 1.807) is 0 Å². The Morgan fingerprint density at radius 3 is 2.44 bits per heavy atom. The minimum atomic E-state index is -0.0292. The Bertz CT molecular complexity index is 299. The molecule has 2 rings (SSSR count). The average Bonchev–Trinajstić information content (AvgIpc) is 2.88. The fourth-order valence-electron chi connectivity index (χ4n) is 3.20. The molecule has 2 aliphatic rings. The molecule has 4 nitrogen and oxygen atoms in total. The van der Waals surface area contributed by atoms with Crippen LogP contribution in [0, 0.1) is 5.92 Å². The lowest BCUT2D eigenvalue weighted by Gasteiger charge is -2.34. The third-order valence-corrected chi connectivity index (χ3v) is 4.17. The van der Waals surface area contributed by atoms with E-state index in [2.05, 4.69) is 35.9 Å². The highest BCUT2D eigenvalue weighted by atomic mass is 16.2. The number of carbonyl (C=O) groups is 1. The van der Waals surface area contributed by atoms with Crippen molar-refractivity contribution in [3.05, 3.63) is 0 Å². The summed E-state index contributed by atoms with van der Waals surface area (Å²) < 4.78 is 0. The Morgan fingerprint density at radius 1 is 1.28 bits per heavy atom. The number of carbonyl (C=O) groups excluding carboxylic acids is 1. The third-order valence-electron chi connectivity index (χ3n) is 4.17. The van der Waals surface area contributed by atoms with Gasteiger partial charge in [0.2, 0.25) is 5.91 Å². The molecule has 2 fully saturated rings. The highest BCUT2D eigenvalue weighted by Crippen LogP contribution is 2.21. The van der Waals surface area contributed by atoms with Crippen LogP contribution in [0.5, 0.6) is 0 Å². The summed E-state index contributed by atoms with van der Waals surface area (Å²) >= 11 is 0. The SMILES string of the molecule is CC1NC(C(C)C)N(C(C)CN2CCCC2)C1=O. The summed E-state index contributed by atoms with van der Waals surface area (Å²) in [4.78, 5) is 16.8. The molecule has 18 heavy (non-hydrogen) atoms. The largest absolute Gasteiger partial charge is 0.322 e. The van der Waals surface area contributed by atoms with Crippen molar-refractivity contribution in [2.75, 3.05) is 19.6 Å². The van der Waals surface area contributed by atoms with Crippen LogP contribution in [0.25, 0.3) is 0 Å². The summed E-state index contributed by atoms with van der Waals surface area (Å²) in [5, 5.41) is 3.42. The Morgan fingerprint density at radius 2 is 1.89 bits per heavy atom. The van der Waals surface area contributed by atoms with Crippen molar-refractivity contribution in [3.63, 3.8) is 0 Å². The number of hydrogen-bond acceptors (Lipinski definition) is 3. The molecule has 0 saturated carbocycles. The van der Waals surface area contributed by atoms with Crippen molar-refractivity contribution < 1.29 is 4.79 Å². The van der Waals surface area contributed by atoms with Gasteiger partial charge in [-0.3, -0.25) is 10.1 Å². The normalized spacial score (nSPS) is 31.6. The number of amides is 1. The molecule has 0 aromatic rings. The Labute approximate surface area is 111 Å². The van der Waals surface area contributed by atoms with Crippen LogP contribution in [0.2, 0.25) is 0 Å². The first kappa shape index (κ1) is 13.8. The molecule has 0 aromatic heterocycles. The second-order valence-electron chi connectivity index (χ2n) is 6.18. The van der Waals surface area contributed by atoms with Gasteiger partial charge < -0.3 is 9.80 Å². The molecule has 1 N–H and O–H groups in total. The smallest absolute Gasteiger partial charge is 0.241 e. The lowest BCUT2D eigenvalue weighted by Crippen LogP contribution is -2.50. The highest BCUT2D eigenvalue weighted by Gasteiger charge is 2.40. The van der Waals surface area contributed by atoms with Gasteiger partial charge in [-0.05, 0) is 45.7 Å². The zero-order valence-electron chi connectivity index (χ0n) is 12.1.